The van der Waals surface area contributed by atoms with E-state index in [0.717, 1.165) is 38.8 Å². The number of nitrogens with one attached hydrogen (secondary N) is 1. The molecule has 1 aliphatic carbocycles. The van der Waals surface area contributed by atoms with Gasteiger partial charge in [0, 0.05) is 64.7 Å². The molecule has 1 N–H and O–H groups in total. The molecule has 0 unspecified atom stereocenters. The van der Waals surface area contributed by atoms with Crippen molar-refractivity contribution in [2.75, 3.05) is 45.9 Å². The zero-order valence-corrected chi connectivity index (χ0v) is 21.4. The third-order valence-electron chi connectivity index (χ3n) is 7.49. The topological polar surface area (TPSA) is 108 Å². The Morgan fingerprint density at radius 1 is 1.14 bits per heavy atom. The summed E-state index contributed by atoms with van der Waals surface area (Å²) < 4.78 is 42.1. The molecule has 5 rings (SSSR count). The third kappa shape index (κ3) is 4.57. The van der Waals surface area contributed by atoms with Gasteiger partial charge < -0.3 is 33.6 Å². The molecule has 198 valence electrons. The molecule has 2 fully saturated rings. The zero-order valence-electron chi connectivity index (χ0n) is 21.4. The van der Waals surface area contributed by atoms with Crippen molar-refractivity contribution in [3.05, 3.63) is 35.9 Å². The van der Waals surface area contributed by atoms with Crippen LogP contribution in [0.4, 0.5) is 10.2 Å². The van der Waals surface area contributed by atoms with Crippen LogP contribution in [-0.2, 0) is 14.2 Å². The Morgan fingerprint density at radius 3 is 2.51 bits per heavy atom. The Balaban J connectivity index is 1.42. The fourth-order valence-corrected chi connectivity index (χ4v) is 5.39. The summed E-state index contributed by atoms with van der Waals surface area (Å²) in [5, 5.41) is 0.243. The van der Waals surface area contributed by atoms with Gasteiger partial charge in [-0.05, 0) is 25.2 Å². The third-order valence-corrected chi connectivity index (χ3v) is 7.49. The van der Waals surface area contributed by atoms with Crippen LogP contribution in [0, 0.1) is 11.2 Å². The molecular formula is C26H31FN4O6. The second kappa shape index (κ2) is 9.79. The molecule has 0 amide bonds. The summed E-state index contributed by atoms with van der Waals surface area (Å²) in [6.07, 6.45) is 6.35. The van der Waals surface area contributed by atoms with Crippen LogP contribution in [0.15, 0.2) is 24.5 Å². The summed E-state index contributed by atoms with van der Waals surface area (Å²) in [5.74, 6) is -0.315. The number of ether oxygens (including phenoxy) is 5. The lowest BCUT2D eigenvalue weighted by Crippen LogP contribution is -2.58. The second-order valence-corrected chi connectivity index (χ2v) is 9.55. The van der Waals surface area contributed by atoms with Gasteiger partial charge in [-0.3, -0.25) is 0 Å². The molecule has 0 radical (unpaired) electrons. The number of hydrogen-bond donors (Lipinski definition) is 1. The monoisotopic (exact) mass is 514 g/mol. The predicted molar refractivity (Wildman–Crippen MR) is 133 cm³/mol. The molecule has 1 saturated carbocycles. The van der Waals surface area contributed by atoms with Gasteiger partial charge in [-0.15, -0.1) is 0 Å². The van der Waals surface area contributed by atoms with Crippen molar-refractivity contribution in [3.63, 3.8) is 0 Å². The van der Waals surface area contributed by atoms with Crippen LogP contribution >= 0.6 is 0 Å². The molecule has 0 aromatic carbocycles. The minimum absolute atomic E-state index is 0.146. The van der Waals surface area contributed by atoms with Gasteiger partial charge in [0.15, 0.2) is 11.5 Å². The number of esters is 1. The van der Waals surface area contributed by atoms with E-state index in [-0.39, 0.29) is 40.4 Å². The molecular weight excluding hydrogens is 483 g/mol. The molecule has 10 nitrogen and oxygen atoms in total. The molecule has 1 aliphatic heterocycles. The van der Waals surface area contributed by atoms with E-state index < -0.39 is 17.6 Å². The van der Waals surface area contributed by atoms with E-state index in [0.29, 0.717) is 11.5 Å². The van der Waals surface area contributed by atoms with E-state index >= 15 is 0 Å². The van der Waals surface area contributed by atoms with Crippen molar-refractivity contribution in [3.8, 4) is 17.4 Å². The predicted octanol–water partition coefficient (Wildman–Crippen LogP) is 4.44. The quantitative estimate of drug-likeness (QED) is 0.345. The summed E-state index contributed by atoms with van der Waals surface area (Å²) in [5.41, 5.74) is 0.675. The summed E-state index contributed by atoms with van der Waals surface area (Å²) in [7, 11) is 4.82. The number of fused-ring (bicyclic) bond motifs is 1. The maximum absolute atomic E-state index is 14.2. The number of methoxy groups -OCH3 is 3. The maximum atomic E-state index is 14.2. The number of H-pyrrole nitrogens is 1. The molecule has 0 bridgehead atoms. The first-order chi connectivity index (χ1) is 17.8. The standard InChI is InChI=1S/C26H31FN4O6/c1-5-36-24(32)17-12-28-21(31-8-6-25(7-9-31)14-26(15-25,34-3)35-4)11-19(17)37-20-10-16-18(27)13-29-22(16)30-23(20)33-2/h10-13H,5-9,14-15H2,1-4H3,(H,29,30). The normalized spacial score (nSPS) is 18.0. The number of anilines is 1. The van der Waals surface area contributed by atoms with Gasteiger partial charge in [0.25, 0.3) is 5.88 Å². The number of pyridine rings is 2. The van der Waals surface area contributed by atoms with Crippen LogP contribution in [0.5, 0.6) is 17.4 Å². The molecule has 1 spiro atoms. The average molecular weight is 515 g/mol. The van der Waals surface area contributed by atoms with E-state index in [1.54, 1.807) is 27.2 Å². The number of halogens is 1. The number of carbonyl (C=O) groups is 1. The van der Waals surface area contributed by atoms with Crippen LogP contribution in [-0.4, -0.2) is 67.7 Å². The smallest absolute Gasteiger partial charge is 0.343 e. The number of carbonyl (C=O) groups excluding carboxylic acids is 1. The SMILES string of the molecule is CCOC(=O)c1cnc(N2CCC3(CC2)CC(OC)(OC)C3)cc1Oc1cc2c(F)c[nH]c2nc1OC. The minimum Gasteiger partial charge on any atom is -0.478 e. The van der Waals surface area contributed by atoms with Crippen LogP contribution < -0.4 is 14.4 Å². The van der Waals surface area contributed by atoms with Crippen LogP contribution in [0.1, 0.15) is 43.0 Å². The number of piperidine rings is 1. The molecule has 37 heavy (non-hydrogen) atoms. The van der Waals surface area contributed by atoms with Crippen molar-refractivity contribution in [1.29, 1.82) is 0 Å². The summed E-state index contributed by atoms with van der Waals surface area (Å²) in [6, 6.07) is 3.19. The Kier molecular flexibility index (Phi) is 6.67. The van der Waals surface area contributed by atoms with Crippen molar-refractivity contribution in [1.82, 2.24) is 15.0 Å². The highest BCUT2D eigenvalue weighted by Gasteiger charge is 2.56. The molecule has 4 heterocycles. The second-order valence-electron chi connectivity index (χ2n) is 9.55. The first kappa shape index (κ1) is 25.2. The zero-order chi connectivity index (χ0) is 26.2. The first-order valence-electron chi connectivity index (χ1n) is 12.3. The van der Waals surface area contributed by atoms with Crippen molar-refractivity contribution in [2.45, 2.75) is 38.4 Å². The molecule has 2 aliphatic rings. The Bertz CT molecular complexity index is 1290. The first-order valence-corrected chi connectivity index (χ1v) is 12.3. The van der Waals surface area contributed by atoms with Crippen LogP contribution in [0.25, 0.3) is 11.0 Å². The van der Waals surface area contributed by atoms with Gasteiger partial charge in [-0.1, -0.05) is 0 Å². The minimum atomic E-state index is -0.570. The molecule has 3 aromatic heterocycles. The summed E-state index contributed by atoms with van der Waals surface area (Å²) >= 11 is 0. The van der Waals surface area contributed by atoms with Gasteiger partial charge in [0.05, 0.1) is 19.1 Å². The van der Waals surface area contributed by atoms with Crippen molar-refractivity contribution in [2.24, 2.45) is 5.41 Å². The Morgan fingerprint density at radius 2 is 1.86 bits per heavy atom. The largest absolute Gasteiger partial charge is 0.478 e. The number of hydrogen-bond acceptors (Lipinski definition) is 9. The highest BCUT2D eigenvalue weighted by atomic mass is 19.1. The molecule has 11 heteroatoms. The molecule has 3 aromatic rings. The van der Waals surface area contributed by atoms with E-state index in [1.807, 2.05) is 0 Å². The van der Waals surface area contributed by atoms with Crippen molar-refractivity contribution < 1.29 is 32.9 Å². The number of rotatable bonds is 8. The lowest BCUT2D eigenvalue weighted by molar-refractivity contribution is -0.300. The highest BCUT2D eigenvalue weighted by molar-refractivity contribution is 5.93. The van der Waals surface area contributed by atoms with Crippen molar-refractivity contribution >= 4 is 22.8 Å². The van der Waals surface area contributed by atoms with E-state index in [4.69, 9.17) is 23.7 Å². The number of aromatic amines is 1. The van der Waals surface area contributed by atoms with Crippen LogP contribution in [0.2, 0.25) is 0 Å². The maximum Gasteiger partial charge on any atom is 0.343 e. The average Bonchev–Trinajstić information content (AvgIpc) is 3.26. The number of aromatic nitrogens is 3. The van der Waals surface area contributed by atoms with E-state index in [1.165, 1.54) is 25.6 Å². The van der Waals surface area contributed by atoms with E-state index in [9.17, 15) is 9.18 Å². The van der Waals surface area contributed by atoms with Gasteiger partial charge in [0.2, 0.25) is 0 Å². The van der Waals surface area contributed by atoms with Gasteiger partial charge in [-0.2, -0.15) is 4.98 Å². The van der Waals surface area contributed by atoms with E-state index in [2.05, 4.69) is 19.9 Å². The fourth-order valence-electron chi connectivity index (χ4n) is 5.39. The highest BCUT2D eigenvalue weighted by Crippen LogP contribution is 2.56. The lowest BCUT2D eigenvalue weighted by atomic mass is 9.59. The molecule has 0 atom stereocenters. The Labute approximate surface area is 214 Å². The number of nitrogens with zero attached hydrogens (tertiary/aromatic N) is 3. The van der Waals surface area contributed by atoms with Gasteiger partial charge >= 0.3 is 5.97 Å². The van der Waals surface area contributed by atoms with Crippen LogP contribution in [0.3, 0.4) is 0 Å². The summed E-state index contributed by atoms with van der Waals surface area (Å²) in [4.78, 5) is 26.4. The van der Waals surface area contributed by atoms with Gasteiger partial charge in [0.1, 0.15) is 28.6 Å². The lowest BCUT2D eigenvalue weighted by Gasteiger charge is -2.57. The fraction of sp³-hybridized carbons (Fsp3) is 0.500. The Hall–Kier alpha value is -3.44. The summed E-state index contributed by atoms with van der Waals surface area (Å²) in [6.45, 7) is 3.51. The molecule has 1 saturated heterocycles. The van der Waals surface area contributed by atoms with Gasteiger partial charge in [-0.25, -0.2) is 14.2 Å².